The second-order valence-corrected chi connectivity index (χ2v) is 8.96. The van der Waals surface area contributed by atoms with Crippen LogP contribution in [0.5, 0.6) is 5.75 Å². The molecule has 186 valence electrons. The Morgan fingerprint density at radius 3 is 2.67 bits per heavy atom. The fourth-order valence-corrected chi connectivity index (χ4v) is 4.54. The third-order valence-corrected chi connectivity index (χ3v) is 6.19. The van der Waals surface area contributed by atoms with Gasteiger partial charge < -0.3 is 19.7 Å². The van der Waals surface area contributed by atoms with Gasteiger partial charge in [0.2, 0.25) is 0 Å². The van der Waals surface area contributed by atoms with Crippen LogP contribution in [0.25, 0.3) is 22.0 Å². The first-order valence-corrected chi connectivity index (χ1v) is 11.8. The fourth-order valence-electron chi connectivity index (χ4n) is 4.54. The van der Waals surface area contributed by atoms with Crippen LogP contribution in [0.3, 0.4) is 0 Å². The van der Waals surface area contributed by atoms with E-state index < -0.39 is 0 Å². The van der Waals surface area contributed by atoms with Crippen LogP contribution in [-0.2, 0) is 11.3 Å². The topological polar surface area (TPSA) is 114 Å². The predicted octanol–water partition coefficient (Wildman–Crippen LogP) is 3.44. The van der Waals surface area contributed by atoms with Gasteiger partial charge in [-0.15, -0.1) is 0 Å². The van der Waals surface area contributed by atoms with Crippen molar-refractivity contribution in [2.75, 3.05) is 20.2 Å². The molecule has 2 atom stereocenters. The number of hydrogen-bond donors (Lipinski definition) is 2. The van der Waals surface area contributed by atoms with E-state index in [-0.39, 0.29) is 36.4 Å². The second-order valence-electron chi connectivity index (χ2n) is 8.96. The van der Waals surface area contributed by atoms with Gasteiger partial charge in [-0.3, -0.25) is 9.89 Å². The number of nitrogens with zero attached hydrogens (tertiary/aromatic N) is 4. The number of H-pyrrole nitrogens is 1. The lowest BCUT2D eigenvalue weighted by Gasteiger charge is -2.34. The van der Waals surface area contributed by atoms with Crippen molar-refractivity contribution in [1.29, 1.82) is 0 Å². The van der Waals surface area contributed by atoms with Gasteiger partial charge in [-0.1, -0.05) is 18.2 Å². The Hall–Kier alpha value is -4.18. The molecule has 5 rings (SSSR count). The third-order valence-electron chi connectivity index (χ3n) is 6.19. The minimum atomic E-state index is -0.373. The number of benzene rings is 2. The lowest BCUT2D eigenvalue weighted by molar-refractivity contribution is -0.0545. The molecule has 36 heavy (non-hydrogen) atoms. The molecule has 10 nitrogen and oxygen atoms in total. The Labute approximate surface area is 208 Å². The molecule has 3 heterocycles. The highest BCUT2D eigenvalue weighted by Crippen LogP contribution is 2.27. The molecule has 0 aliphatic carbocycles. The van der Waals surface area contributed by atoms with Crippen LogP contribution in [0.1, 0.15) is 29.9 Å². The summed E-state index contributed by atoms with van der Waals surface area (Å²) in [5.74, 6) is 0.336. The van der Waals surface area contributed by atoms with Crippen LogP contribution in [-0.4, -0.2) is 69.2 Å². The fraction of sp³-hybridized carbons (Fsp3) is 0.308. The summed E-state index contributed by atoms with van der Waals surface area (Å²) in [5.41, 5.74) is 3.36. The van der Waals surface area contributed by atoms with Gasteiger partial charge in [-0.2, -0.15) is 14.9 Å². The highest BCUT2D eigenvalue weighted by Gasteiger charge is 2.29. The second kappa shape index (κ2) is 9.82. The number of morpholine rings is 1. The number of amides is 2. The highest BCUT2D eigenvalue weighted by molar-refractivity contribution is 6.07. The molecule has 2 aromatic carbocycles. The summed E-state index contributed by atoms with van der Waals surface area (Å²) in [6, 6.07) is 12.8. The molecule has 0 spiro atoms. The number of rotatable bonds is 5. The maximum atomic E-state index is 13.5. The van der Waals surface area contributed by atoms with E-state index in [1.165, 1.54) is 4.68 Å². The Kier molecular flexibility index (Phi) is 6.43. The van der Waals surface area contributed by atoms with Crippen molar-refractivity contribution < 1.29 is 19.1 Å². The van der Waals surface area contributed by atoms with E-state index in [2.05, 4.69) is 20.6 Å². The van der Waals surface area contributed by atoms with Crippen molar-refractivity contribution in [3.8, 4) is 16.9 Å². The van der Waals surface area contributed by atoms with E-state index in [1.54, 1.807) is 24.4 Å². The Morgan fingerprint density at radius 2 is 1.94 bits per heavy atom. The van der Waals surface area contributed by atoms with Crippen LogP contribution in [0, 0.1) is 0 Å². The first-order chi connectivity index (χ1) is 17.4. The summed E-state index contributed by atoms with van der Waals surface area (Å²) >= 11 is 0. The molecule has 1 fully saturated rings. The summed E-state index contributed by atoms with van der Waals surface area (Å²) in [7, 11) is 1.60. The monoisotopic (exact) mass is 488 g/mol. The number of hydrogen-bond acceptors (Lipinski definition) is 6. The standard InChI is InChI=1S/C26H28N6O4/c1-16-14-31(15-17(2)36-16)26(34)32-23-8-7-19(20-12-28-29-13-20)10-22(23)24(30-32)25(33)27-11-18-5-4-6-21(9-18)35-3/h4-10,12-13,16-17H,11,14-15H2,1-3H3,(H,27,33)(H,28,29). The minimum Gasteiger partial charge on any atom is -0.497 e. The summed E-state index contributed by atoms with van der Waals surface area (Å²) in [4.78, 5) is 28.5. The number of ether oxygens (including phenoxy) is 2. The average molecular weight is 489 g/mol. The summed E-state index contributed by atoms with van der Waals surface area (Å²) in [5, 5.41) is 14.8. The molecule has 0 saturated carbocycles. The first-order valence-electron chi connectivity index (χ1n) is 11.8. The zero-order valence-electron chi connectivity index (χ0n) is 20.4. The van der Waals surface area contributed by atoms with E-state index in [0.29, 0.717) is 29.7 Å². The van der Waals surface area contributed by atoms with Crippen LogP contribution < -0.4 is 10.1 Å². The first kappa shape index (κ1) is 23.6. The number of nitrogens with one attached hydrogen (secondary N) is 2. The molecule has 2 aromatic heterocycles. The number of aromatic amines is 1. The van der Waals surface area contributed by atoms with E-state index in [1.807, 2.05) is 56.3 Å². The normalized spacial score (nSPS) is 17.8. The van der Waals surface area contributed by atoms with E-state index >= 15 is 0 Å². The van der Waals surface area contributed by atoms with Gasteiger partial charge >= 0.3 is 6.03 Å². The van der Waals surface area contributed by atoms with Gasteiger partial charge in [-0.25, -0.2) is 4.79 Å². The van der Waals surface area contributed by atoms with Gasteiger partial charge in [0.1, 0.15) is 5.75 Å². The maximum Gasteiger partial charge on any atom is 0.345 e. The molecule has 2 amide bonds. The van der Waals surface area contributed by atoms with Crippen molar-refractivity contribution >= 4 is 22.8 Å². The van der Waals surface area contributed by atoms with E-state index in [9.17, 15) is 9.59 Å². The van der Waals surface area contributed by atoms with Gasteiger partial charge in [0.15, 0.2) is 5.69 Å². The zero-order chi connectivity index (χ0) is 25.2. The SMILES string of the molecule is COc1cccc(CNC(=O)c2nn(C(=O)N3CC(C)OC(C)C3)c3ccc(-c4cn[nH]c4)cc23)c1. The van der Waals surface area contributed by atoms with Crippen molar-refractivity contribution in [2.24, 2.45) is 0 Å². The highest BCUT2D eigenvalue weighted by atomic mass is 16.5. The van der Waals surface area contributed by atoms with Gasteiger partial charge in [0, 0.05) is 36.8 Å². The number of carbonyl (C=O) groups is 2. The van der Waals surface area contributed by atoms with Crippen LogP contribution in [0.4, 0.5) is 4.79 Å². The molecular formula is C26H28N6O4. The number of aromatic nitrogens is 4. The Morgan fingerprint density at radius 1 is 1.14 bits per heavy atom. The molecule has 2 N–H and O–H groups in total. The molecule has 10 heteroatoms. The van der Waals surface area contributed by atoms with Crippen molar-refractivity contribution in [3.05, 3.63) is 66.1 Å². The number of fused-ring (bicyclic) bond motifs is 1. The molecule has 2 unspecified atom stereocenters. The smallest absolute Gasteiger partial charge is 0.345 e. The summed E-state index contributed by atoms with van der Waals surface area (Å²) < 4.78 is 12.4. The molecular weight excluding hydrogens is 460 g/mol. The molecule has 1 aliphatic heterocycles. The lowest BCUT2D eigenvalue weighted by atomic mass is 10.1. The van der Waals surface area contributed by atoms with Gasteiger partial charge in [-0.05, 0) is 49.2 Å². The van der Waals surface area contributed by atoms with Crippen molar-refractivity contribution in [2.45, 2.75) is 32.6 Å². The molecule has 1 aliphatic rings. The quantitative estimate of drug-likeness (QED) is 0.445. The van der Waals surface area contributed by atoms with Crippen molar-refractivity contribution in [3.63, 3.8) is 0 Å². The third kappa shape index (κ3) is 4.67. The Bertz CT molecular complexity index is 1390. The van der Waals surface area contributed by atoms with Gasteiger partial charge in [0.05, 0.1) is 31.0 Å². The Balaban J connectivity index is 1.50. The average Bonchev–Trinajstić information content (AvgIpc) is 3.55. The molecule has 4 aromatic rings. The van der Waals surface area contributed by atoms with Crippen molar-refractivity contribution in [1.82, 2.24) is 30.2 Å². The maximum absolute atomic E-state index is 13.5. The van der Waals surface area contributed by atoms with Crippen LogP contribution >= 0.6 is 0 Å². The summed E-state index contributed by atoms with van der Waals surface area (Å²) in [6.45, 7) is 5.07. The lowest BCUT2D eigenvalue weighted by Crippen LogP contribution is -2.49. The number of carbonyl (C=O) groups excluding carboxylic acids is 2. The molecule has 1 saturated heterocycles. The van der Waals surface area contributed by atoms with Crippen LogP contribution in [0.2, 0.25) is 0 Å². The number of methoxy groups -OCH3 is 1. The van der Waals surface area contributed by atoms with E-state index in [4.69, 9.17) is 9.47 Å². The van der Waals surface area contributed by atoms with Gasteiger partial charge in [0.25, 0.3) is 5.91 Å². The predicted molar refractivity (Wildman–Crippen MR) is 134 cm³/mol. The van der Waals surface area contributed by atoms with Crippen LogP contribution in [0.15, 0.2) is 54.9 Å². The largest absolute Gasteiger partial charge is 0.497 e. The molecule has 0 radical (unpaired) electrons. The van der Waals surface area contributed by atoms with E-state index in [0.717, 1.165) is 16.7 Å². The molecule has 0 bridgehead atoms. The zero-order valence-corrected chi connectivity index (χ0v) is 20.4. The summed E-state index contributed by atoms with van der Waals surface area (Å²) in [6.07, 6.45) is 3.31. The minimum absolute atomic E-state index is 0.0853.